The summed E-state index contributed by atoms with van der Waals surface area (Å²) < 4.78 is 1.37. The van der Waals surface area contributed by atoms with E-state index in [1.807, 2.05) is 20.8 Å². The van der Waals surface area contributed by atoms with Crippen molar-refractivity contribution in [3.05, 3.63) is 11.8 Å². The van der Waals surface area contributed by atoms with Gasteiger partial charge < -0.3 is 5.32 Å². The molecule has 1 N–H and O–H groups in total. The molecule has 24 heavy (non-hydrogen) atoms. The lowest BCUT2D eigenvalue weighted by molar-refractivity contribution is -0.123. The number of aliphatic imine (C=N–C) groups is 2. The number of anilines is 1. The maximum Gasteiger partial charge on any atom is 0.265 e. The maximum absolute atomic E-state index is 12.3. The summed E-state index contributed by atoms with van der Waals surface area (Å²) in [7, 11) is 1.71. The standard InChI is InChI=1S/C15H19N7O2/c1-8-6-10(17-13(24)15(2,3)4)22(20-8)14-18-11-9(12(23)19-14)7-16-21(11)5/h6-7,9H,1-5H3,(H,17,24). The smallest absolute Gasteiger partial charge is 0.265 e. The number of nitrogens with zero attached hydrogens (tertiary/aromatic N) is 6. The molecule has 1 aromatic heterocycles. The normalized spacial score (nSPS) is 20.0. The van der Waals surface area contributed by atoms with Gasteiger partial charge in [0.15, 0.2) is 0 Å². The molecule has 9 nitrogen and oxygen atoms in total. The number of carbonyl (C=O) groups is 2. The van der Waals surface area contributed by atoms with Crippen LogP contribution in [0.2, 0.25) is 0 Å². The molecule has 0 saturated carbocycles. The number of rotatable bonds is 1. The van der Waals surface area contributed by atoms with Gasteiger partial charge in [-0.1, -0.05) is 20.8 Å². The van der Waals surface area contributed by atoms with Gasteiger partial charge in [0.2, 0.25) is 5.91 Å². The molecule has 0 fully saturated rings. The Kier molecular flexibility index (Phi) is 3.58. The van der Waals surface area contributed by atoms with Crippen LogP contribution in [0.15, 0.2) is 21.2 Å². The fraction of sp³-hybridized carbons (Fsp3) is 0.467. The van der Waals surface area contributed by atoms with E-state index in [1.165, 1.54) is 15.9 Å². The number of carbonyl (C=O) groups excluding carboxylic acids is 2. The molecule has 0 aliphatic carbocycles. The monoisotopic (exact) mass is 329 g/mol. The van der Waals surface area contributed by atoms with Crippen molar-refractivity contribution >= 4 is 35.6 Å². The first-order chi connectivity index (χ1) is 11.2. The average molecular weight is 329 g/mol. The van der Waals surface area contributed by atoms with Gasteiger partial charge in [-0.3, -0.25) is 14.6 Å². The molecule has 3 rings (SSSR count). The Morgan fingerprint density at radius 3 is 2.67 bits per heavy atom. The number of amidine groups is 1. The van der Waals surface area contributed by atoms with E-state index in [0.29, 0.717) is 17.3 Å². The second-order valence-corrected chi connectivity index (χ2v) is 6.77. The predicted molar refractivity (Wildman–Crippen MR) is 90.1 cm³/mol. The molecule has 0 aromatic carbocycles. The zero-order valence-corrected chi connectivity index (χ0v) is 14.2. The molecule has 126 valence electrons. The summed E-state index contributed by atoms with van der Waals surface area (Å²) >= 11 is 0. The van der Waals surface area contributed by atoms with Crippen molar-refractivity contribution in [2.24, 2.45) is 26.4 Å². The second-order valence-electron chi connectivity index (χ2n) is 6.77. The Bertz CT molecular complexity index is 810. The summed E-state index contributed by atoms with van der Waals surface area (Å²) in [4.78, 5) is 32.8. The summed E-state index contributed by atoms with van der Waals surface area (Å²) in [6.45, 7) is 7.23. The van der Waals surface area contributed by atoms with Crippen LogP contribution < -0.4 is 5.32 Å². The SMILES string of the molecule is Cc1cc(NC(=O)C(C)(C)C)n(C2=NC(=O)C3C=NN(C)C3=N2)n1. The summed E-state index contributed by atoms with van der Waals surface area (Å²) in [6.07, 6.45) is 1.51. The third kappa shape index (κ3) is 2.72. The van der Waals surface area contributed by atoms with Crippen molar-refractivity contribution in [1.82, 2.24) is 14.8 Å². The Morgan fingerprint density at radius 1 is 1.29 bits per heavy atom. The van der Waals surface area contributed by atoms with Crippen molar-refractivity contribution in [3.63, 3.8) is 0 Å². The van der Waals surface area contributed by atoms with Crippen LogP contribution in [0.25, 0.3) is 0 Å². The summed E-state index contributed by atoms with van der Waals surface area (Å²) in [5.74, 6) is -0.0545. The lowest BCUT2D eigenvalue weighted by Gasteiger charge is -2.19. The highest BCUT2D eigenvalue weighted by molar-refractivity contribution is 6.24. The zero-order valence-electron chi connectivity index (χ0n) is 14.2. The molecule has 2 aliphatic rings. The number of amides is 2. The van der Waals surface area contributed by atoms with Crippen LogP contribution >= 0.6 is 0 Å². The van der Waals surface area contributed by atoms with Gasteiger partial charge in [0, 0.05) is 24.7 Å². The summed E-state index contributed by atoms with van der Waals surface area (Å²) in [5, 5.41) is 12.7. The van der Waals surface area contributed by atoms with Gasteiger partial charge in [-0.15, -0.1) is 0 Å². The van der Waals surface area contributed by atoms with Gasteiger partial charge in [0.1, 0.15) is 17.6 Å². The quantitative estimate of drug-likeness (QED) is 0.825. The third-order valence-corrected chi connectivity index (χ3v) is 3.63. The number of fused-ring (bicyclic) bond motifs is 1. The molecule has 0 saturated heterocycles. The average Bonchev–Trinajstić information content (AvgIpc) is 3.02. The number of aryl methyl sites for hydroxylation is 1. The van der Waals surface area contributed by atoms with Crippen molar-refractivity contribution < 1.29 is 9.59 Å². The van der Waals surface area contributed by atoms with Crippen LogP contribution in [0.5, 0.6) is 0 Å². The van der Waals surface area contributed by atoms with E-state index in [0.717, 1.165) is 0 Å². The van der Waals surface area contributed by atoms with Crippen LogP contribution in [-0.4, -0.2) is 51.7 Å². The highest BCUT2D eigenvalue weighted by Gasteiger charge is 2.35. The van der Waals surface area contributed by atoms with Crippen molar-refractivity contribution in [3.8, 4) is 0 Å². The van der Waals surface area contributed by atoms with Crippen LogP contribution in [0.3, 0.4) is 0 Å². The molecule has 2 amide bonds. The molecule has 2 aliphatic heterocycles. The first-order valence-electron chi connectivity index (χ1n) is 7.54. The lowest BCUT2D eigenvalue weighted by Crippen LogP contribution is -2.35. The first-order valence-corrected chi connectivity index (χ1v) is 7.54. The van der Waals surface area contributed by atoms with E-state index >= 15 is 0 Å². The van der Waals surface area contributed by atoms with Crippen LogP contribution in [0.4, 0.5) is 5.82 Å². The molecule has 0 spiro atoms. The van der Waals surface area contributed by atoms with Gasteiger partial charge in [-0.25, -0.2) is 0 Å². The molecule has 3 heterocycles. The predicted octanol–water partition coefficient (Wildman–Crippen LogP) is 0.866. The number of hydrogen-bond donors (Lipinski definition) is 1. The van der Waals surface area contributed by atoms with E-state index in [1.54, 1.807) is 20.0 Å². The van der Waals surface area contributed by atoms with E-state index in [2.05, 4.69) is 25.5 Å². The zero-order chi connectivity index (χ0) is 17.6. The molecule has 1 unspecified atom stereocenters. The van der Waals surface area contributed by atoms with Crippen molar-refractivity contribution in [1.29, 1.82) is 0 Å². The van der Waals surface area contributed by atoms with Gasteiger partial charge in [-0.05, 0) is 6.92 Å². The van der Waals surface area contributed by atoms with E-state index in [4.69, 9.17) is 0 Å². The third-order valence-electron chi connectivity index (χ3n) is 3.63. The van der Waals surface area contributed by atoms with Gasteiger partial charge in [0.25, 0.3) is 11.9 Å². The Morgan fingerprint density at radius 2 is 2.00 bits per heavy atom. The number of hydrazone groups is 1. The van der Waals surface area contributed by atoms with E-state index in [-0.39, 0.29) is 17.8 Å². The van der Waals surface area contributed by atoms with Gasteiger partial charge >= 0.3 is 0 Å². The number of aromatic nitrogens is 2. The number of hydrogen-bond acceptors (Lipinski definition) is 6. The molecule has 1 atom stereocenters. The molecule has 0 bridgehead atoms. The molecular formula is C15H19N7O2. The minimum atomic E-state index is -0.566. The van der Waals surface area contributed by atoms with E-state index in [9.17, 15) is 9.59 Å². The minimum Gasteiger partial charge on any atom is -0.310 e. The van der Waals surface area contributed by atoms with E-state index < -0.39 is 11.3 Å². The fourth-order valence-electron chi connectivity index (χ4n) is 2.24. The van der Waals surface area contributed by atoms with Gasteiger partial charge in [0.05, 0.1) is 5.69 Å². The fourth-order valence-corrected chi connectivity index (χ4v) is 2.24. The van der Waals surface area contributed by atoms with Crippen LogP contribution in [0, 0.1) is 18.3 Å². The first kappa shape index (κ1) is 16.0. The van der Waals surface area contributed by atoms with Gasteiger partial charge in [-0.2, -0.15) is 24.9 Å². The minimum absolute atomic E-state index is 0.112. The molecule has 1 aromatic rings. The molecule has 0 radical (unpaired) electrons. The topological polar surface area (TPSA) is 104 Å². The van der Waals surface area contributed by atoms with Crippen LogP contribution in [-0.2, 0) is 9.59 Å². The van der Waals surface area contributed by atoms with Crippen molar-refractivity contribution in [2.75, 3.05) is 12.4 Å². The lowest BCUT2D eigenvalue weighted by atomic mass is 9.96. The Hall–Kier alpha value is -2.84. The second kappa shape index (κ2) is 5.36. The summed E-state index contributed by atoms with van der Waals surface area (Å²) in [5.41, 5.74) is 0.108. The molecular weight excluding hydrogens is 310 g/mol. The Labute approximate surface area is 139 Å². The summed E-state index contributed by atoms with van der Waals surface area (Å²) in [6, 6.07) is 1.71. The Balaban J connectivity index is 1.98. The highest BCUT2D eigenvalue weighted by Crippen LogP contribution is 2.21. The van der Waals surface area contributed by atoms with Crippen molar-refractivity contribution in [2.45, 2.75) is 27.7 Å². The largest absolute Gasteiger partial charge is 0.310 e. The highest BCUT2D eigenvalue weighted by atomic mass is 16.2. The van der Waals surface area contributed by atoms with Crippen LogP contribution in [0.1, 0.15) is 26.5 Å². The maximum atomic E-state index is 12.3. The number of nitrogens with one attached hydrogen (secondary N) is 1. The molecule has 9 heteroatoms.